The van der Waals surface area contributed by atoms with Crippen LogP contribution in [-0.4, -0.2) is 16.3 Å². The number of allylic oxidation sites excluding steroid dienone is 1. The van der Waals surface area contributed by atoms with E-state index < -0.39 is 0 Å². The van der Waals surface area contributed by atoms with Gasteiger partial charge in [0.25, 0.3) is 5.56 Å². The summed E-state index contributed by atoms with van der Waals surface area (Å²) in [6.45, 7) is 7.54. The molecule has 0 aromatic carbocycles. The third kappa shape index (κ3) is 4.29. The highest BCUT2D eigenvalue weighted by molar-refractivity contribution is 9.10. The largest absolute Gasteiger partial charge is 0.379 e. The summed E-state index contributed by atoms with van der Waals surface area (Å²) in [6, 6.07) is 0. The predicted octanol–water partition coefficient (Wildman–Crippen LogP) is 3.18. The van der Waals surface area contributed by atoms with Crippen molar-refractivity contribution < 1.29 is 0 Å². The first-order valence-electron chi connectivity index (χ1n) is 6.19. The molecular weight excluding hydrogens is 294 g/mol. The van der Waals surface area contributed by atoms with E-state index in [9.17, 15) is 4.79 Å². The number of nitrogens with zero attached hydrogens (tertiary/aromatic N) is 2. The summed E-state index contributed by atoms with van der Waals surface area (Å²) < 4.78 is 2.05. The van der Waals surface area contributed by atoms with Gasteiger partial charge in [0, 0.05) is 13.1 Å². The average Bonchev–Trinajstić information content (AvgIpc) is 2.33. The van der Waals surface area contributed by atoms with Crippen LogP contribution < -0.4 is 10.9 Å². The zero-order valence-electron chi connectivity index (χ0n) is 11.2. The fourth-order valence-corrected chi connectivity index (χ4v) is 1.87. The number of rotatable bonds is 6. The Balaban J connectivity index is 2.80. The molecule has 100 valence electrons. The minimum atomic E-state index is -0.0781. The first kappa shape index (κ1) is 15.0. The minimum absolute atomic E-state index is 0.0781. The third-order valence-corrected chi connectivity index (χ3v) is 3.28. The fourth-order valence-electron chi connectivity index (χ4n) is 1.42. The van der Waals surface area contributed by atoms with Crippen molar-refractivity contribution in [2.24, 2.45) is 0 Å². The lowest BCUT2D eigenvalue weighted by Crippen LogP contribution is -2.24. The van der Waals surface area contributed by atoms with E-state index >= 15 is 0 Å². The predicted molar refractivity (Wildman–Crippen MR) is 79.0 cm³/mol. The molecule has 0 fully saturated rings. The lowest BCUT2D eigenvalue weighted by molar-refractivity contribution is 0.541. The summed E-state index contributed by atoms with van der Waals surface area (Å²) in [5, 5.41) is 7.33. The van der Waals surface area contributed by atoms with E-state index in [4.69, 9.17) is 0 Å². The van der Waals surface area contributed by atoms with Crippen LogP contribution >= 0.6 is 15.9 Å². The molecule has 18 heavy (non-hydrogen) atoms. The Morgan fingerprint density at radius 2 is 2.28 bits per heavy atom. The van der Waals surface area contributed by atoms with Crippen LogP contribution in [0, 0.1) is 0 Å². The molecule has 4 nitrogen and oxygen atoms in total. The molecule has 0 saturated heterocycles. The van der Waals surface area contributed by atoms with Gasteiger partial charge in [-0.3, -0.25) is 4.79 Å². The van der Waals surface area contributed by atoms with Gasteiger partial charge in [0.15, 0.2) is 0 Å². The van der Waals surface area contributed by atoms with Gasteiger partial charge in [-0.2, -0.15) is 5.10 Å². The van der Waals surface area contributed by atoms with Gasteiger partial charge in [0.2, 0.25) is 0 Å². The van der Waals surface area contributed by atoms with Crippen LogP contribution in [0.1, 0.15) is 33.6 Å². The lowest BCUT2D eigenvalue weighted by Gasteiger charge is -2.09. The monoisotopic (exact) mass is 313 g/mol. The standard InChI is InChI=1S/C13H20BrN3O/c1-4-5-8-17-13(18)12(14)11(9-16-17)15-7-6-10(2)3/h6,9,15H,4-5,7-8H2,1-3H3. The average molecular weight is 314 g/mol. The highest BCUT2D eigenvalue weighted by atomic mass is 79.9. The molecule has 1 heterocycles. The number of hydrogen-bond donors (Lipinski definition) is 1. The van der Waals surface area contributed by atoms with Crippen molar-refractivity contribution in [2.45, 2.75) is 40.2 Å². The molecule has 1 aromatic rings. The third-order valence-electron chi connectivity index (χ3n) is 2.51. The van der Waals surface area contributed by atoms with Gasteiger partial charge in [0.1, 0.15) is 4.47 Å². The Hall–Kier alpha value is -1.10. The Bertz CT molecular complexity index is 476. The summed E-state index contributed by atoms with van der Waals surface area (Å²) in [5.41, 5.74) is 1.90. The molecule has 0 saturated carbocycles. The molecule has 0 aliphatic heterocycles. The highest BCUT2D eigenvalue weighted by Crippen LogP contribution is 2.15. The molecule has 0 spiro atoms. The van der Waals surface area contributed by atoms with Gasteiger partial charge < -0.3 is 5.32 Å². The van der Waals surface area contributed by atoms with Gasteiger partial charge in [-0.15, -0.1) is 0 Å². The Labute approximate surface area is 116 Å². The number of halogens is 1. The topological polar surface area (TPSA) is 46.9 Å². The number of aryl methyl sites for hydroxylation is 1. The second kappa shape index (κ2) is 7.36. The highest BCUT2D eigenvalue weighted by Gasteiger charge is 2.07. The normalized spacial score (nSPS) is 10.2. The maximum absolute atomic E-state index is 12.0. The first-order chi connectivity index (χ1) is 8.56. The van der Waals surface area contributed by atoms with E-state index in [0.717, 1.165) is 18.5 Å². The van der Waals surface area contributed by atoms with Crippen LogP contribution in [0.25, 0.3) is 0 Å². The fraction of sp³-hybridized carbons (Fsp3) is 0.538. The van der Waals surface area contributed by atoms with Gasteiger partial charge in [-0.1, -0.05) is 25.0 Å². The van der Waals surface area contributed by atoms with E-state index in [1.165, 1.54) is 10.3 Å². The molecule has 1 rings (SSSR count). The van der Waals surface area contributed by atoms with Crippen molar-refractivity contribution in [1.29, 1.82) is 0 Å². The van der Waals surface area contributed by atoms with Crippen molar-refractivity contribution in [1.82, 2.24) is 9.78 Å². The maximum Gasteiger partial charge on any atom is 0.283 e. The summed E-state index contributed by atoms with van der Waals surface area (Å²) in [7, 11) is 0. The van der Waals surface area contributed by atoms with Crippen molar-refractivity contribution in [3.63, 3.8) is 0 Å². The van der Waals surface area contributed by atoms with Gasteiger partial charge in [-0.05, 0) is 36.2 Å². The van der Waals surface area contributed by atoms with Crippen LogP contribution in [0.15, 0.2) is 27.1 Å². The first-order valence-corrected chi connectivity index (χ1v) is 6.98. The summed E-state index contributed by atoms with van der Waals surface area (Å²) in [5.74, 6) is 0. The molecule has 0 bridgehead atoms. The van der Waals surface area contributed by atoms with Crippen LogP contribution in [0.3, 0.4) is 0 Å². The molecular formula is C13H20BrN3O. The van der Waals surface area contributed by atoms with Gasteiger partial charge >= 0.3 is 0 Å². The van der Waals surface area contributed by atoms with Crippen molar-refractivity contribution in [3.8, 4) is 0 Å². The number of hydrogen-bond acceptors (Lipinski definition) is 3. The van der Waals surface area contributed by atoms with E-state index in [1.807, 2.05) is 13.8 Å². The molecule has 1 N–H and O–H groups in total. The molecule has 1 aromatic heterocycles. The molecule has 0 aliphatic carbocycles. The summed E-state index contributed by atoms with van der Waals surface area (Å²) in [4.78, 5) is 12.0. The maximum atomic E-state index is 12.0. The van der Waals surface area contributed by atoms with Crippen LogP contribution in [-0.2, 0) is 6.54 Å². The molecule has 0 aliphatic rings. The zero-order chi connectivity index (χ0) is 13.5. The molecule has 0 radical (unpaired) electrons. The number of unbranched alkanes of at least 4 members (excludes halogenated alkanes) is 1. The van der Waals surface area contributed by atoms with Crippen LogP contribution in [0.4, 0.5) is 5.69 Å². The number of nitrogens with one attached hydrogen (secondary N) is 1. The Kier molecular flexibility index (Phi) is 6.12. The number of aromatic nitrogens is 2. The van der Waals surface area contributed by atoms with Crippen LogP contribution in [0.5, 0.6) is 0 Å². The zero-order valence-corrected chi connectivity index (χ0v) is 12.7. The Morgan fingerprint density at radius 3 is 2.89 bits per heavy atom. The molecule has 5 heteroatoms. The molecule has 0 atom stereocenters. The SMILES string of the molecule is CCCCn1ncc(NCC=C(C)C)c(Br)c1=O. The second-order valence-corrected chi connectivity index (χ2v) is 5.21. The quantitative estimate of drug-likeness (QED) is 0.820. The van der Waals surface area contributed by atoms with E-state index in [-0.39, 0.29) is 5.56 Å². The van der Waals surface area contributed by atoms with Crippen molar-refractivity contribution in [2.75, 3.05) is 11.9 Å². The Morgan fingerprint density at radius 1 is 1.56 bits per heavy atom. The van der Waals surface area contributed by atoms with Gasteiger partial charge in [-0.25, -0.2) is 4.68 Å². The second-order valence-electron chi connectivity index (χ2n) is 4.42. The number of anilines is 1. The van der Waals surface area contributed by atoms with Crippen molar-refractivity contribution in [3.05, 3.63) is 32.7 Å². The lowest BCUT2D eigenvalue weighted by atomic mass is 10.3. The van der Waals surface area contributed by atoms with Crippen LogP contribution in [0.2, 0.25) is 0 Å². The minimum Gasteiger partial charge on any atom is -0.379 e. The van der Waals surface area contributed by atoms with E-state index in [1.54, 1.807) is 6.20 Å². The van der Waals surface area contributed by atoms with E-state index in [2.05, 4.69) is 39.3 Å². The smallest absolute Gasteiger partial charge is 0.283 e. The summed E-state index contributed by atoms with van der Waals surface area (Å²) in [6.07, 6.45) is 5.77. The van der Waals surface area contributed by atoms with E-state index in [0.29, 0.717) is 17.6 Å². The summed E-state index contributed by atoms with van der Waals surface area (Å²) >= 11 is 3.33. The molecule has 0 unspecified atom stereocenters. The van der Waals surface area contributed by atoms with Crippen molar-refractivity contribution >= 4 is 21.6 Å². The molecule has 0 amide bonds. The van der Waals surface area contributed by atoms with Gasteiger partial charge in [0.05, 0.1) is 11.9 Å².